The van der Waals surface area contributed by atoms with Crippen LogP contribution in [0, 0.1) is 6.92 Å². The average Bonchev–Trinajstić information content (AvgIpc) is 2.93. The molecule has 2 aromatic rings. The van der Waals surface area contributed by atoms with Crippen LogP contribution >= 0.6 is 11.5 Å². The van der Waals surface area contributed by atoms with Crippen molar-refractivity contribution in [1.82, 2.24) is 9.27 Å². The maximum atomic E-state index is 12.6. The molecule has 1 amide bonds. The number of anilines is 1. The third-order valence-electron chi connectivity index (χ3n) is 3.29. The summed E-state index contributed by atoms with van der Waals surface area (Å²) in [6.07, 6.45) is -0.984. The number of nitrogens with zero attached hydrogens (tertiary/aromatic N) is 2. The van der Waals surface area contributed by atoms with Crippen molar-refractivity contribution in [3.63, 3.8) is 0 Å². The molecular weight excluding hydrogens is 314 g/mol. The van der Waals surface area contributed by atoms with Gasteiger partial charge in [0.1, 0.15) is 10.6 Å². The molecule has 0 aliphatic carbocycles. The number of benzene rings is 1. The molecule has 7 heteroatoms. The molecule has 0 radical (unpaired) electrons. The van der Waals surface area contributed by atoms with Gasteiger partial charge < -0.3 is 15.0 Å². The van der Waals surface area contributed by atoms with Crippen LogP contribution in [0.5, 0.6) is 0 Å². The van der Waals surface area contributed by atoms with Gasteiger partial charge in [-0.25, -0.2) is 4.79 Å². The van der Waals surface area contributed by atoms with Gasteiger partial charge in [0.05, 0.1) is 5.69 Å². The zero-order valence-corrected chi connectivity index (χ0v) is 14.3. The lowest BCUT2D eigenvalue weighted by Gasteiger charge is -2.21. The Morgan fingerprint density at radius 2 is 1.91 bits per heavy atom. The Morgan fingerprint density at radius 1 is 1.26 bits per heavy atom. The fourth-order valence-corrected chi connectivity index (χ4v) is 2.80. The molecule has 0 saturated carbocycles. The number of carbonyl (C=O) groups is 2. The molecule has 0 saturated heterocycles. The molecule has 1 aromatic heterocycles. The number of rotatable bonds is 5. The van der Waals surface area contributed by atoms with Gasteiger partial charge in [0.25, 0.3) is 5.91 Å². The van der Waals surface area contributed by atoms with E-state index in [1.165, 1.54) is 16.4 Å². The summed E-state index contributed by atoms with van der Waals surface area (Å²) in [5.74, 6) is -0.860. The van der Waals surface area contributed by atoms with Crippen molar-refractivity contribution in [2.24, 2.45) is 0 Å². The van der Waals surface area contributed by atoms with Crippen LogP contribution in [-0.4, -0.2) is 42.3 Å². The lowest BCUT2D eigenvalue weighted by molar-refractivity contribution is -0.138. The van der Waals surface area contributed by atoms with Gasteiger partial charge in [0, 0.05) is 26.7 Å². The van der Waals surface area contributed by atoms with E-state index in [9.17, 15) is 9.59 Å². The molecule has 0 aliphatic rings. The maximum absolute atomic E-state index is 12.6. The van der Waals surface area contributed by atoms with E-state index in [0.29, 0.717) is 21.8 Å². The molecule has 1 atom stereocenters. The number of hydrogen-bond donors (Lipinski definition) is 1. The van der Waals surface area contributed by atoms with Crippen LogP contribution < -0.4 is 5.32 Å². The van der Waals surface area contributed by atoms with E-state index in [4.69, 9.17) is 4.74 Å². The van der Waals surface area contributed by atoms with E-state index in [2.05, 4.69) is 9.69 Å². The van der Waals surface area contributed by atoms with E-state index in [1.54, 1.807) is 52.3 Å². The third-order valence-corrected chi connectivity index (χ3v) is 4.24. The number of esters is 1. The minimum absolute atomic E-state index is 0.295. The van der Waals surface area contributed by atoms with Gasteiger partial charge in [-0.2, -0.15) is 4.37 Å². The highest BCUT2D eigenvalue weighted by molar-refractivity contribution is 7.10. The summed E-state index contributed by atoms with van der Waals surface area (Å²) in [6, 6.07) is 8.97. The van der Waals surface area contributed by atoms with Crippen molar-refractivity contribution < 1.29 is 14.3 Å². The van der Waals surface area contributed by atoms with Gasteiger partial charge >= 0.3 is 5.97 Å². The summed E-state index contributed by atoms with van der Waals surface area (Å²) >= 11 is 1.18. The molecule has 1 N–H and O–H groups in total. The molecule has 1 aromatic carbocycles. The van der Waals surface area contributed by atoms with Crippen molar-refractivity contribution in [3.8, 4) is 0 Å². The van der Waals surface area contributed by atoms with E-state index in [0.717, 1.165) is 0 Å². The predicted octanol–water partition coefficient (Wildman–Crippen LogP) is 2.48. The van der Waals surface area contributed by atoms with Crippen LogP contribution in [-0.2, 0) is 9.53 Å². The average molecular weight is 333 g/mol. The summed E-state index contributed by atoms with van der Waals surface area (Å²) < 4.78 is 9.68. The summed E-state index contributed by atoms with van der Waals surface area (Å²) in [5.41, 5.74) is 1.57. The Labute approximate surface area is 139 Å². The number of ether oxygens (including phenoxy) is 1. The van der Waals surface area contributed by atoms with Gasteiger partial charge in [0.15, 0.2) is 0 Å². The van der Waals surface area contributed by atoms with Gasteiger partial charge in [-0.1, -0.05) is 30.3 Å². The largest absolute Gasteiger partial charge is 0.444 e. The molecular formula is C16H19N3O3S. The standard InChI is InChI=1S/C16H19N3O3S/c1-10-12(14(17-2)23-18-10)16(21)22-13(15(20)19(3)4)11-8-6-5-7-9-11/h5-9,13,17H,1-4H3/t13-/m1/s1. The predicted molar refractivity (Wildman–Crippen MR) is 89.7 cm³/mol. The number of amides is 1. The molecule has 0 bridgehead atoms. The summed E-state index contributed by atoms with van der Waals surface area (Å²) in [5, 5.41) is 3.54. The monoisotopic (exact) mass is 333 g/mol. The lowest BCUT2D eigenvalue weighted by Crippen LogP contribution is -2.31. The van der Waals surface area contributed by atoms with E-state index >= 15 is 0 Å². The van der Waals surface area contributed by atoms with Crippen molar-refractivity contribution in [3.05, 3.63) is 47.2 Å². The first-order chi connectivity index (χ1) is 11.0. The van der Waals surface area contributed by atoms with Crippen LogP contribution in [0.25, 0.3) is 0 Å². The van der Waals surface area contributed by atoms with Gasteiger partial charge in [-0.15, -0.1) is 0 Å². The highest BCUT2D eigenvalue weighted by Crippen LogP contribution is 2.28. The first kappa shape index (κ1) is 17.0. The van der Waals surface area contributed by atoms with Crippen LogP contribution in [0.1, 0.15) is 27.7 Å². The Bertz CT molecular complexity index is 698. The maximum Gasteiger partial charge on any atom is 0.344 e. The van der Waals surface area contributed by atoms with Crippen molar-refractivity contribution in [2.75, 3.05) is 26.5 Å². The second kappa shape index (κ2) is 7.23. The SMILES string of the molecule is CNc1snc(C)c1C(=O)O[C@@H](C(=O)N(C)C)c1ccccc1. The molecule has 122 valence electrons. The Morgan fingerprint density at radius 3 is 2.48 bits per heavy atom. The van der Waals surface area contributed by atoms with E-state index in [1.807, 2.05) is 6.07 Å². The van der Waals surface area contributed by atoms with Crippen LogP contribution in [0.2, 0.25) is 0 Å². The zero-order valence-electron chi connectivity index (χ0n) is 13.5. The van der Waals surface area contributed by atoms with Crippen LogP contribution in [0.4, 0.5) is 5.00 Å². The Kier molecular flexibility index (Phi) is 5.33. The normalized spacial score (nSPS) is 11.7. The van der Waals surface area contributed by atoms with Gasteiger partial charge in [-0.05, 0) is 18.5 Å². The van der Waals surface area contributed by atoms with Gasteiger partial charge in [-0.3, -0.25) is 4.79 Å². The molecule has 23 heavy (non-hydrogen) atoms. The molecule has 6 nitrogen and oxygen atoms in total. The molecule has 0 spiro atoms. The first-order valence-corrected chi connectivity index (χ1v) is 7.84. The van der Waals surface area contributed by atoms with Crippen LogP contribution in [0.3, 0.4) is 0 Å². The summed E-state index contributed by atoms with van der Waals surface area (Å²) in [6.45, 7) is 1.74. The minimum Gasteiger partial charge on any atom is -0.444 e. The minimum atomic E-state index is -0.984. The van der Waals surface area contributed by atoms with Gasteiger partial charge in [0.2, 0.25) is 6.10 Å². The third kappa shape index (κ3) is 3.68. The fraction of sp³-hybridized carbons (Fsp3) is 0.312. The molecule has 0 fully saturated rings. The lowest BCUT2D eigenvalue weighted by atomic mass is 10.1. The number of carbonyl (C=O) groups excluding carboxylic acids is 2. The molecule has 0 unspecified atom stereocenters. The number of nitrogens with one attached hydrogen (secondary N) is 1. The van der Waals surface area contributed by atoms with Crippen molar-refractivity contribution in [1.29, 1.82) is 0 Å². The topological polar surface area (TPSA) is 71.5 Å². The van der Waals surface area contributed by atoms with Crippen molar-refractivity contribution in [2.45, 2.75) is 13.0 Å². The fourth-order valence-electron chi connectivity index (χ4n) is 2.07. The molecule has 2 rings (SSSR count). The van der Waals surface area contributed by atoms with E-state index in [-0.39, 0.29) is 5.91 Å². The summed E-state index contributed by atoms with van der Waals surface area (Å²) in [7, 11) is 4.97. The number of aryl methyl sites for hydroxylation is 1. The Balaban J connectivity index is 2.33. The zero-order chi connectivity index (χ0) is 17.0. The highest BCUT2D eigenvalue weighted by Gasteiger charge is 2.29. The number of likely N-dealkylation sites (N-methyl/N-ethyl adjacent to an activating group) is 1. The highest BCUT2D eigenvalue weighted by atomic mass is 32.1. The Hall–Kier alpha value is -2.41. The smallest absolute Gasteiger partial charge is 0.344 e. The molecule has 0 aliphatic heterocycles. The molecule has 1 heterocycles. The first-order valence-electron chi connectivity index (χ1n) is 7.06. The second-order valence-corrected chi connectivity index (χ2v) is 5.92. The van der Waals surface area contributed by atoms with Crippen LogP contribution in [0.15, 0.2) is 30.3 Å². The number of aromatic nitrogens is 1. The van der Waals surface area contributed by atoms with E-state index < -0.39 is 12.1 Å². The number of hydrogen-bond acceptors (Lipinski definition) is 6. The quantitative estimate of drug-likeness (QED) is 0.851. The summed E-state index contributed by atoms with van der Waals surface area (Å²) in [4.78, 5) is 26.4. The second-order valence-electron chi connectivity index (χ2n) is 5.15. The van der Waals surface area contributed by atoms with Crippen molar-refractivity contribution >= 4 is 28.4 Å².